The van der Waals surface area contributed by atoms with Crippen LogP contribution in [0.5, 0.6) is 0 Å². The average molecular weight is 219 g/mol. The van der Waals surface area contributed by atoms with Crippen LogP contribution in [-0.4, -0.2) is 0 Å². The second-order valence-electron chi connectivity index (χ2n) is 3.85. The molecule has 2 aromatic rings. The van der Waals surface area contributed by atoms with E-state index in [-0.39, 0.29) is 5.56 Å². The Balaban J connectivity index is 2.69. The van der Waals surface area contributed by atoms with E-state index in [1.54, 1.807) is 11.6 Å². The second kappa shape index (κ2) is 4.05. The van der Waals surface area contributed by atoms with Crippen molar-refractivity contribution in [3.63, 3.8) is 0 Å². The van der Waals surface area contributed by atoms with E-state index in [2.05, 4.69) is 0 Å². The molecule has 1 nitrogen and oxygen atoms in total. The third-order valence-corrected chi connectivity index (χ3v) is 2.65. The molecule has 1 aromatic carbocycles. The summed E-state index contributed by atoms with van der Waals surface area (Å²) in [5.74, 6) is -0.708. The first-order valence-corrected chi connectivity index (χ1v) is 5.06. The zero-order valence-corrected chi connectivity index (χ0v) is 9.29. The van der Waals surface area contributed by atoms with Crippen LogP contribution >= 0.6 is 0 Å². The number of aryl methyl sites for hydroxylation is 3. The summed E-state index contributed by atoms with van der Waals surface area (Å²) in [5.41, 5.74) is 2.35. The average Bonchev–Trinajstić information content (AvgIpc) is 2.29. The Kier molecular flexibility index (Phi) is 1.91. The largest absolute Gasteiger partial charge is 0.212 e. The molecule has 0 aliphatic heterocycles. The molecule has 0 bridgehead atoms. The molecule has 1 aromatic heterocycles. The van der Waals surface area contributed by atoms with E-state index in [0.29, 0.717) is 5.69 Å². The van der Waals surface area contributed by atoms with Crippen molar-refractivity contribution in [3.8, 4) is 11.3 Å². The fourth-order valence-electron chi connectivity index (χ4n) is 1.74. The van der Waals surface area contributed by atoms with Gasteiger partial charge < -0.3 is 0 Å². The predicted molar refractivity (Wildman–Crippen MR) is 62.5 cm³/mol. The molecule has 0 atom stereocenters. The van der Waals surface area contributed by atoms with Crippen molar-refractivity contribution >= 4 is 0 Å². The number of nitrogens with zero attached hydrogens (tertiary/aromatic N) is 1. The van der Waals surface area contributed by atoms with Crippen LogP contribution in [0.1, 0.15) is 15.2 Å². The molecular weight excluding hydrogens is 201 g/mol. The summed E-state index contributed by atoms with van der Waals surface area (Å²) < 4.78 is 37.5. The van der Waals surface area contributed by atoms with Crippen LogP contribution in [0.15, 0.2) is 36.5 Å². The number of hydrogen-bond acceptors (Lipinski definition) is 0. The van der Waals surface area contributed by atoms with Crippen LogP contribution in [0.4, 0.5) is 4.39 Å². The van der Waals surface area contributed by atoms with Gasteiger partial charge >= 0.3 is 0 Å². The molecule has 0 saturated carbocycles. The summed E-state index contributed by atoms with van der Waals surface area (Å²) >= 11 is 0. The lowest BCUT2D eigenvalue weighted by Crippen LogP contribution is -2.31. The molecule has 1 heterocycles. The highest BCUT2D eigenvalue weighted by molar-refractivity contribution is 5.61. The second-order valence-corrected chi connectivity index (χ2v) is 3.85. The minimum atomic E-state index is -2.45. The first-order valence-electron chi connectivity index (χ1n) is 6.56. The molecule has 2 rings (SSSR count). The Morgan fingerprint density at radius 3 is 2.69 bits per heavy atom. The van der Waals surface area contributed by atoms with Crippen molar-refractivity contribution in [1.29, 1.82) is 0 Å². The highest BCUT2D eigenvalue weighted by atomic mass is 19.1. The molecule has 0 amide bonds. The lowest BCUT2D eigenvalue weighted by molar-refractivity contribution is -0.662. The number of hydrogen-bond donors (Lipinski definition) is 0. The number of rotatable bonds is 1. The molecule has 0 aliphatic carbocycles. The van der Waals surface area contributed by atoms with E-state index in [1.165, 1.54) is 12.3 Å². The maximum Gasteiger partial charge on any atom is 0.212 e. The van der Waals surface area contributed by atoms with E-state index in [1.807, 2.05) is 31.2 Å². The van der Waals surface area contributed by atoms with Crippen LogP contribution in [0.2, 0.25) is 0 Å². The van der Waals surface area contributed by atoms with Crippen LogP contribution in [0.3, 0.4) is 0 Å². The SMILES string of the molecule is [2H]C([2H])([2H])c1cc(-c2ccccc2C)[n+](C)cc1F. The van der Waals surface area contributed by atoms with Gasteiger partial charge in [-0.2, -0.15) is 4.57 Å². The predicted octanol–water partition coefficient (Wildman–Crippen LogP) is 2.93. The molecule has 16 heavy (non-hydrogen) atoms. The number of halogens is 1. The Bertz CT molecular complexity index is 621. The smallest absolute Gasteiger partial charge is 0.200 e. The lowest BCUT2D eigenvalue weighted by atomic mass is 10.0. The van der Waals surface area contributed by atoms with Crippen LogP contribution in [-0.2, 0) is 7.05 Å². The van der Waals surface area contributed by atoms with Gasteiger partial charge in [0, 0.05) is 15.7 Å². The zero-order valence-electron chi connectivity index (χ0n) is 12.3. The van der Waals surface area contributed by atoms with Crippen molar-refractivity contribution in [2.75, 3.05) is 0 Å². The summed E-state index contributed by atoms with van der Waals surface area (Å²) in [6.45, 7) is -0.510. The Labute approximate surface area is 99.4 Å². The number of pyridine rings is 1. The molecule has 0 radical (unpaired) electrons. The van der Waals surface area contributed by atoms with Gasteiger partial charge in [0.25, 0.3) is 0 Å². The standard InChI is InChI=1S/C14H15FN/c1-10-6-4-5-7-12(10)14-8-11(2)13(15)9-16(14)3/h4-9H,1-3H3/q+1/i2D3. The minimum absolute atomic E-state index is 0.246. The monoisotopic (exact) mass is 219 g/mol. The van der Waals surface area contributed by atoms with Crippen molar-refractivity contribution < 1.29 is 13.1 Å². The third-order valence-electron chi connectivity index (χ3n) is 2.65. The van der Waals surface area contributed by atoms with E-state index >= 15 is 0 Å². The molecule has 0 fully saturated rings. The highest BCUT2D eigenvalue weighted by Gasteiger charge is 2.14. The summed E-state index contributed by atoms with van der Waals surface area (Å²) in [7, 11) is 1.70. The van der Waals surface area contributed by atoms with Crippen LogP contribution in [0.25, 0.3) is 11.3 Å². The van der Waals surface area contributed by atoms with Gasteiger partial charge in [-0.05, 0) is 31.0 Å². The summed E-state index contributed by atoms with van der Waals surface area (Å²) in [4.78, 5) is 0. The number of benzene rings is 1. The van der Waals surface area contributed by atoms with E-state index in [4.69, 9.17) is 4.11 Å². The van der Waals surface area contributed by atoms with Gasteiger partial charge in [-0.25, -0.2) is 4.39 Å². The van der Waals surface area contributed by atoms with E-state index < -0.39 is 12.7 Å². The summed E-state index contributed by atoms with van der Waals surface area (Å²) in [5, 5.41) is 0. The first-order chi connectivity index (χ1) is 8.80. The number of aromatic nitrogens is 1. The highest BCUT2D eigenvalue weighted by Crippen LogP contribution is 2.21. The van der Waals surface area contributed by atoms with Crippen molar-refractivity contribution in [3.05, 3.63) is 53.5 Å². The molecule has 2 heteroatoms. The van der Waals surface area contributed by atoms with Crippen molar-refractivity contribution in [1.82, 2.24) is 0 Å². The normalized spacial score (nSPS) is 14.1. The van der Waals surface area contributed by atoms with Gasteiger partial charge in [0.2, 0.25) is 11.9 Å². The quantitative estimate of drug-likeness (QED) is 0.649. The Morgan fingerprint density at radius 2 is 2.00 bits per heavy atom. The van der Waals surface area contributed by atoms with Crippen LogP contribution < -0.4 is 4.57 Å². The minimum Gasteiger partial charge on any atom is -0.200 e. The van der Waals surface area contributed by atoms with E-state index in [0.717, 1.165) is 11.1 Å². The van der Waals surface area contributed by atoms with Crippen molar-refractivity contribution in [2.45, 2.75) is 13.8 Å². The molecule has 0 unspecified atom stereocenters. The maximum atomic E-state index is 13.8. The molecule has 0 N–H and O–H groups in total. The fraction of sp³-hybridized carbons (Fsp3) is 0.214. The fourth-order valence-corrected chi connectivity index (χ4v) is 1.74. The summed E-state index contributed by atoms with van der Waals surface area (Å²) in [6.07, 6.45) is 1.21. The third kappa shape index (κ3) is 1.83. The Hall–Kier alpha value is -1.70. The van der Waals surface area contributed by atoms with Crippen molar-refractivity contribution in [2.24, 2.45) is 7.05 Å². The Morgan fingerprint density at radius 1 is 1.25 bits per heavy atom. The van der Waals surface area contributed by atoms with E-state index in [9.17, 15) is 4.39 Å². The molecule has 82 valence electrons. The first kappa shape index (κ1) is 7.55. The summed E-state index contributed by atoms with van der Waals surface area (Å²) in [6, 6.07) is 9.03. The van der Waals surface area contributed by atoms with Gasteiger partial charge in [0.1, 0.15) is 7.05 Å². The van der Waals surface area contributed by atoms with Gasteiger partial charge in [-0.1, -0.05) is 18.2 Å². The van der Waals surface area contributed by atoms with Gasteiger partial charge in [-0.15, -0.1) is 0 Å². The maximum absolute atomic E-state index is 13.8. The van der Waals surface area contributed by atoms with Crippen LogP contribution in [0, 0.1) is 19.6 Å². The van der Waals surface area contributed by atoms with Gasteiger partial charge in [0.15, 0.2) is 5.82 Å². The zero-order chi connectivity index (χ0) is 14.2. The van der Waals surface area contributed by atoms with Gasteiger partial charge in [-0.3, -0.25) is 0 Å². The molecule has 0 spiro atoms. The molecule has 0 saturated heterocycles. The topological polar surface area (TPSA) is 3.88 Å². The molecule has 0 aliphatic rings. The lowest BCUT2D eigenvalue weighted by Gasteiger charge is -2.05. The van der Waals surface area contributed by atoms with Gasteiger partial charge in [0.05, 0.1) is 0 Å². The molecular formula is C14H15FN+.